The van der Waals surface area contributed by atoms with Gasteiger partial charge in [0.2, 0.25) is 6.79 Å². The van der Waals surface area contributed by atoms with E-state index in [9.17, 15) is 0 Å². The summed E-state index contributed by atoms with van der Waals surface area (Å²) in [5.41, 5.74) is 2.21. The zero-order chi connectivity index (χ0) is 16.8. The molecule has 0 radical (unpaired) electrons. The van der Waals surface area contributed by atoms with Crippen molar-refractivity contribution < 1.29 is 9.47 Å². The first-order valence-corrected chi connectivity index (χ1v) is 8.94. The van der Waals surface area contributed by atoms with Gasteiger partial charge in [-0.3, -0.25) is 0 Å². The summed E-state index contributed by atoms with van der Waals surface area (Å²) in [7, 11) is 0. The molecule has 0 spiro atoms. The van der Waals surface area contributed by atoms with Gasteiger partial charge in [0.25, 0.3) is 0 Å². The molecule has 0 unspecified atom stereocenters. The van der Waals surface area contributed by atoms with Crippen LogP contribution in [0.5, 0.6) is 11.5 Å². The fourth-order valence-corrected chi connectivity index (χ4v) is 3.03. The van der Waals surface area contributed by atoms with Gasteiger partial charge >= 0.3 is 0 Å². The van der Waals surface area contributed by atoms with Gasteiger partial charge in [0.1, 0.15) is 0 Å². The number of rotatable bonds is 6. The van der Waals surface area contributed by atoms with Crippen LogP contribution in [0.25, 0.3) is 0 Å². The van der Waals surface area contributed by atoms with Crippen LogP contribution in [0.4, 0.5) is 0 Å². The van der Waals surface area contributed by atoms with Crippen LogP contribution in [0.3, 0.4) is 0 Å². The van der Waals surface area contributed by atoms with Gasteiger partial charge < -0.3 is 20.1 Å². The van der Waals surface area contributed by atoms with Crippen LogP contribution in [0, 0.1) is 6.92 Å². The Balaban J connectivity index is 1.54. The molecule has 0 atom stereocenters. The Bertz CT molecular complexity index is 714. The number of guanidine groups is 1. The van der Waals surface area contributed by atoms with Gasteiger partial charge in [0.15, 0.2) is 17.5 Å². The Morgan fingerprint density at radius 1 is 1.29 bits per heavy atom. The molecule has 0 aliphatic carbocycles. The first-order valence-electron chi connectivity index (χ1n) is 8.06. The van der Waals surface area contributed by atoms with Crippen LogP contribution in [0.2, 0.25) is 0 Å². The number of hydrogen-bond donors (Lipinski definition) is 2. The topological polar surface area (TPSA) is 67.8 Å². The molecule has 6 nitrogen and oxygen atoms in total. The molecule has 0 saturated carbocycles. The minimum absolute atomic E-state index is 0.294. The second kappa shape index (κ2) is 8.01. The Kier molecular flexibility index (Phi) is 5.53. The van der Waals surface area contributed by atoms with Gasteiger partial charge in [-0.1, -0.05) is 6.07 Å². The highest BCUT2D eigenvalue weighted by Gasteiger charge is 2.12. The quantitative estimate of drug-likeness (QED) is 0.621. The molecule has 1 aliphatic rings. The normalized spacial score (nSPS) is 13.2. The lowest BCUT2D eigenvalue weighted by Crippen LogP contribution is -2.38. The molecule has 7 heteroatoms. The molecule has 0 bridgehead atoms. The van der Waals surface area contributed by atoms with Crippen LogP contribution in [-0.2, 0) is 13.0 Å². The van der Waals surface area contributed by atoms with Crippen molar-refractivity contribution >= 4 is 17.3 Å². The Hall–Kier alpha value is -2.28. The Morgan fingerprint density at radius 2 is 2.17 bits per heavy atom. The number of ether oxygens (including phenoxy) is 2. The summed E-state index contributed by atoms with van der Waals surface area (Å²) in [5, 5.41) is 9.82. The summed E-state index contributed by atoms with van der Waals surface area (Å²) < 4.78 is 10.7. The van der Waals surface area contributed by atoms with E-state index >= 15 is 0 Å². The number of thiazole rings is 1. The number of aliphatic imine (C=N–C) groups is 1. The zero-order valence-electron chi connectivity index (χ0n) is 14.0. The monoisotopic (exact) mass is 346 g/mol. The smallest absolute Gasteiger partial charge is 0.231 e. The molecule has 2 aromatic rings. The molecule has 2 heterocycles. The lowest BCUT2D eigenvalue weighted by molar-refractivity contribution is 0.174. The molecule has 0 saturated heterocycles. The Morgan fingerprint density at radius 3 is 2.96 bits per heavy atom. The number of nitrogens with one attached hydrogen (secondary N) is 2. The fourth-order valence-electron chi connectivity index (χ4n) is 2.38. The average Bonchev–Trinajstić information content (AvgIpc) is 3.20. The van der Waals surface area contributed by atoms with Gasteiger partial charge in [-0.05, 0) is 31.5 Å². The van der Waals surface area contributed by atoms with E-state index < -0.39 is 0 Å². The number of fused-ring (bicyclic) bond motifs is 1. The maximum absolute atomic E-state index is 5.40. The highest BCUT2D eigenvalue weighted by atomic mass is 32.1. The summed E-state index contributed by atoms with van der Waals surface area (Å²) in [6.07, 6.45) is 0.888. The third kappa shape index (κ3) is 4.38. The number of nitrogens with zero attached hydrogens (tertiary/aromatic N) is 2. The maximum atomic E-state index is 5.40. The van der Waals surface area contributed by atoms with Crippen molar-refractivity contribution in [2.45, 2.75) is 26.8 Å². The second-order valence-corrected chi connectivity index (χ2v) is 6.48. The third-order valence-electron chi connectivity index (χ3n) is 3.54. The summed E-state index contributed by atoms with van der Waals surface area (Å²) >= 11 is 1.68. The SMILES string of the molecule is CCNC(=NCc1ccc2c(c1)OCO2)NCCc1csc(C)n1. The molecule has 1 aromatic heterocycles. The standard InChI is InChI=1S/C17H22N4O2S/c1-3-18-17(19-7-6-14-10-24-12(2)21-14)20-9-13-4-5-15-16(8-13)23-11-22-15/h4-5,8,10H,3,6-7,9,11H2,1-2H3,(H2,18,19,20). The maximum Gasteiger partial charge on any atom is 0.231 e. The summed E-state index contributed by atoms with van der Waals surface area (Å²) in [6, 6.07) is 5.92. The number of benzene rings is 1. The van der Waals surface area contributed by atoms with Gasteiger partial charge in [0.05, 0.1) is 17.2 Å². The van der Waals surface area contributed by atoms with E-state index in [0.29, 0.717) is 13.3 Å². The van der Waals surface area contributed by atoms with Crippen LogP contribution < -0.4 is 20.1 Å². The lowest BCUT2D eigenvalue weighted by Gasteiger charge is -2.10. The minimum atomic E-state index is 0.294. The molecule has 2 N–H and O–H groups in total. The summed E-state index contributed by atoms with van der Waals surface area (Å²) in [5.74, 6) is 2.40. The predicted octanol–water partition coefficient (Wildman–Crippen LogP) is 2.48. The fraction of sp³-hybridized carbons (Fsp3) is 0.412. The summed E-state index contributed by atoms with van der Waals surface area (Å²) in [6.45, 7) is 6.59. The van der Waals surface area contributed by atoms with E-state index in [1.165, 1.54) is 0 Å². The molecule has 1 aromatic carbocycles. The van der Waals surface area contributed by atoms with E-state index in [1.54, 1.807) is 11.3 Å². The van der Waals surface area contributed by atoms with Crippen molar-refractivity contribution in [2.75, 3.05) is 19.9 Å². The third-order valence-corrected chi connectivity index (χ3v) is 4.36. The van der Waals surface area contributed by atoms with Gasteiger partial charge in [-0.15, -0.1) is 11.3 Å². The van der Waals surface area contributed by atoms with E-state index in [2.05, 4.69) is 32.9 Å². The van der Waals surface area contributed by atoms with Gasteiger partial charge in [-0.25, -0.2) is 9.98 Å². The van der Waals surface area contributed by atoms with E-state index in [1.807, 2.05) is 25.1 Å². The van der Waals surface area contributed by atoms with Crippen molar-refractivity contribution in [2.24, 2.45) is 4.99 Å². The van der Waals surface area contributed by atoms with Crippen LogP contribution in [-0.4, -0.2) is 30.8 Å². The first-order chi connectivity index (χ1) is 11.7. The van der Waals surface area contributed by atoms with E-state index in [0.717, 1.165) is 53.2 Å². The molecule has 0 fully saturated rings. The Labute approximate surface area is 145 Å². The average molecular weight is 346 g/mol. The zero-order valence-corrected chi connectivity index (χ0v) is 14.8. The highest BCUT2D eigenvalue weighted by molar-refractivity contribution is 7.09. The molecule has 0 amide bonds. The first kappa shape index (κ1) is 16.6. The largest absolute Gasteiger partial charge is 0.454 e. The van der Waals surface area contributed by atoms with Crippen molar-refractivity contribution in [3.8, 4) is 11.5 Å². The molecule has 3 rings (SSSR count). The summed E-state index contributed by atoms with van der Waals surface area (Å²) in [4.78, 5) is 9.10. The number of aromatic nitrogens is 1. The van der Waals surface area contributed by atoms with Crippen molar-refractivity contribution in [1.82, 2.24) is 15.6 Å². The lowest BCUT2D eigenvalue weighted by atomic mass is 10.2. The number of aryl methyl sites for hydroxylation is 1. The molecule has 24 heavy (non-hydrogen) atoms. The number of hydrogen-bond acceptors (Lipinski definition) is 5. The molecule has 128 valence electrons. The van der Waals surface area contributed by atoms with Crippen molar-refractivity contribution in [3.63, 3.8) is 0 Å². The van der Waals surface area contributed by atoms with Gasteiger partial charge in [-0.2, -0.15) is 0 Å². The van der Waals surface area contributed by atoms with Crippen LogP contribution in [0.15, 0.2) is 28.6 Å². The molecule has 1 aliphatic heterocycles. The molecular formula is C17H22N4O2S. The van der Waals surface area contributed by atoms with Crippen molar-refractivity contribution in [3.05, 3.63) is 39.8 Å². The second-order valence-electron chi connectivity index (χ2n) is 5.42. The predicted molar refractivity (Wildman–Crippen MR) is 95.9 cm³/mol. The van der Waals surface area contributed by atoms with Crippen molar-refractivity contribution in [1.29, 1.82) is 0 Å². The van der Waals surface area contributed by atoms with Crippen LogP contribution in [0.1, 0.15) is 23.2 Å². The molecular weight excluding hydrogens is 324 g/mol. The van der Waals surface area contributed by atoms with Crippen LogP contribution >= 0.6 is 11.3 Å². The van der Waals surface area contributed by atoms with E-state index in [-0.39, 0.29) is 0 Å². The van der Waals surface area contributed by atoms with Gasteiger partial charge in [0, 0.05) is 24.9 Å². The highest BCUT2D eigenvalue weighted by Crippen LogP contribution is 2.32. The minimum Gasteiger partial charge on any atom is -0.454 e. The van der Waals surface area contributed by atoms with E-state index in [4.69, 9.17) is 9.47 Å².